The summed E-state index contributed by atoms with van der Waals surface area (Å²) in [4.78, 5) is 0. The van der Waals surface area contributed by atoms with Gasteiger partial charge in [0.2, 0.25) is 0 Å². The first-order valence-corrected chi connectivity index (χ1v) is 3.23. The maximum atomic E-state index is 5.61. The molecule has 2 radical (unpaired) electrons. The van der Waals surface area contributed by atoms with Crippen molar-refractivity contribution in [3.63, 3.8) is 0 Å². The smallest absolute Gasteiger partial charge is 0.114 e. The molecule has 1 rings (SSSR count). The van der Waals surface area contributed by atoms with Crippen molar-refractivity contribution < 1.29 is 0 Å². The third kappa shape index (κ3) is 1.15. The van der Waals surface area contributed by atoms with Crippen LogP contribution in [-0.2, 0) is 0 Å². The quantitative estimate of drug-likeness (QED) is 0.406. The molecule has 0 saturated heterocycles. The standard InChI is InChI=1S/C8H10BN/c1-5-3-6(2)8(10)4-7(5)9/h3-4H,10H2,1-2H3. The van der Waals surface area contributed by atoms with Gasteiger partial charge in [-0.1, -0.05) is 17.1 Å². The summed E-state index contributed by atoms with van der Waals surface area (Å²) in [6.07, 6.45) is 0. The molecule has 50 valence electrons. The molecule has 1 nitrogen and oxygen atoms in total. The molecule has 0 heterocycles. The average molecular weight is 131 g/mol. The minimum Gasteiger partial charge on any atom is -0.399 e. The van der Waals surface area contributed by atoms with E-state index in [-0.39, 0.29) is 0 Å². The molecule has 0 aliphatic rings. The SMILES string of the molecule is [B]c1cc(N)c(C)cc1C. The van der Waals surface area contributed by atoms with Gasteiger partial charge in [-0.25, -0.2) is 0 Å². The van der Waals surface area contributed by atoms with Crippen LogP contribution in [0.3, 0.4) is 0 Å². The number of aryl methyl sites for hydroxylation is 2. The summed E-state index contributed by atoms with van der Waals surface area (Å²) in [5, 5.41) is 0. The van der Waals surface area contributed by atoms with Crippen LogP contribution in [0.15, 0.2) is 12.1 Å². The number of anilines is 1. The number of hydrogen-bond donors (Lipinski definition) is 1. The first-order chi connectivity index (χ1) is 4.61. The predicted octanol–water partition coefficient (Wildman–Crippen LogP) is 0.679. The lowest BCUT2D eigenvalue weighted by Crippen LogP contribution is -2.09. The molecule has 0 aliphatic heterocycles. The fraction of sp³-hybridized carbons (Fsp3) is 0.250. The molecule has 0 aliphatic carbocycles. The Morgan fingerprint density at radius 2 is 1.80 bits per heavy atom. The second-order valence-electron chi connectivity index (χ2n) is 2.57. The van der Waals surface area contributed by atoms with Crippen LogP contribution in [-0.4, -0.2) is 7.85 Å². The van der Waals surface area contributed by atoms with E-state index in [9.17, 15) is 0 Å². The third-order valence-electron chi connectivity index (χ3n) is 1.65. The van der Waals surface area contributed by atoms with E-state index in [2.05, 4.69) is 0 Å². The number of hydrogen-bond acceptors (Lipinski definition) is 1. The summed E-state index contributed by atoms with van der Waals surface area (Å²) in [5.41, 5.74) is 9.32. The van der Waals surface area contributed by atoms with Crippen LogP contribution in [0.1, 0.15) is 11.1 Å². The molecule has 0 bridgehead atoms. The molecule has 0 saturated carbocycles. The van der Waals surface area contributed by atoms with Gasteiger partial charge in [0, 0.05) is 5.69 Å². The van der Waals surface area contributed by atoms with Crippen LogP contribution in [0.25, 0.3) is 0 Å². The Kier molecular flexibility index (Phi) is 1.71. The van der Waals surface area contributed by atoms with Crippen LogP contribution in [0.5, 0.6) is 0 Å². The molecule has 10 heavy (non-hydrogen) atoms. The zero-order valence-electron chi connectivity index (χ0n) is 6.31. The Bertz CT molecular complexity index is 205. The fourth-order valence-electron chi connectivity index (χ4n) is 0.887. The Labute approximate surface area is 62.7 Å². The molecular formula is C8H10BN. The zero-order valence-corrected chi connectivity index (χ0v) is 6.31. The Morgan fingerprint density at radius 3 is 2.30 bits per heavy atom. The largest absolute Gasteiger partial charge is 0.399 e. The summed E-state index contributed by atoms with van der Waals surface area (Å²) in [7, 11) is 5.61. The summed E-state index contributed by atoms with van der Waals surface area (Å²) in [5.74, 6) is 0. The highest BCUT2D eigenvalue weighted by atomic mass is 14.5. The van der Waals surface area contributed by atoms with E-state index in [1.807, 2.05) is 19.9 Å². The molecule has 0 fully saturated rings. The molecule has 0 unspecified atom stereocenters. The summed E-state index contributed by atoms with van der Waals surface area (Å²) >= 11 is 0. The van der Waals surface area contributed by atoms with Crippen molar-refractivity contribution in [2.45, 2.75) is 13.8 Å². The van der Waals surface area contributed by atoms with E-state index in [1.54, 1.807) is 6.07 Å². The lowest BCUT2D eigenvalue weighted by atomic mass is 9.89. The Hall–Kier alpha value is -0.915. The summed E-state index contributed by atoms with van der Waals surface area (Å²) in [6, 6.07) is 3.79. The first kappa shape index (κ1) is 7.20. The second kappa shape index (κ2) is 2.37. The number of nitrogens with two attached hydrogens (primary N) is 1. The lowest BCUT2D eigenvalue weighted by molar-refractivity contribution is 1.41. The molecule has 0 aromatic heterocycles. The second-order valence-corrected chi connectivity index (χ2v) is 2.57. The van der Waals surface area contributed by atoms with Gasteiger partial charge >= 0.3 is 0 Å². The monoisotopic (exact) mass is 131 g/mol. The third-order valence-corrected chi connectivity index (χ3v) is 1.65. The van der Waals surface area contributed by atoms with Gasteiger partial charge in [-0.2, -0.15) is 0 Å². The number of rotatable bonds is 0. The first-order valence-electron chi connectivity index (χ1n) is 3.23. The highest BCUT2D eigenvalue weighted by Crippen LogP contribution is 2.08. The minimum atomic E-state index is 0.767. The van der Waals surface area contributed by atoms with Crippen molar-refractivity contribution >= 4 is 19.0 Å². The van der Waals surface area contributed by atoms with E-state index >= 15 is 0 Å². The van der Waals surface area contributed by atoms with Crippen molar-refractivity contribution in [2.75, 3.05) is 5.73 Å². The highest BCUT2D eigenvalue weighted by molar-refractivity contribution is 6.33. The fourth-order valence-corrected chi connectivity index (χ4v) is 0.887. The van der Waals surface area contributed by atoms with Crippen molar-refractivity contribution in [1.29, 1.82) is 0 Å². The zero-order chi connectivity index (χ0) is 7.72. The van der Waals surface area contributed by atoms with Crippen LogP contribution < -0.4 is 11.2 Å². The number of benzene rings is 1. The summed E-state index contributed by atoms with van der Waals surface area (Å²) in [6.45, 7) is 3.95. The molecule has 0 atom stereocenters. The van der Waals surface area contributed by atoms with E-state index in [1.165, 1.54) is 0 Å². The molecular weight excluding hydrogens is 121 g/mol. The van der Waals surface area contributed by atoms with Crippen molar-refractivity contribution in [1.82, 2.24) is 0 Å². The van der Waals surface area contributed by atoms with Gasteiger partial charge in [-0.3, -0.25) is 0 Å². The summed E-state index contributed by atoms with van der Waals surface area (Å²) < 4.78 is 0. The van der Waals surface area contributed by atoms with E-state index in [4.69, 9.17) is 13.6 Å². The molecule has 2 N–H and O–H groups in total. The van der Waals surface area contributed by atoms with Gasteiger partial charge in [0.25, 0.3) is 0 Å². The maximum absolute atomic E-state index is 5.61. The average Bonchev–Trinajstić information content (AvgIpc) is 1.84. The van der Waals surface area contributed by atoms with Crippen molar-refractivity contribution in [2.24, 2.45) is 0 Å². The van der Waals surface area contributed by atoms with Gasteiger partial charge in [-0.15, -0.1) is 0 Å². The van der Waals surface area contributed by atoms with Gasteiger partial charge in [0.15, 0.2) is 0 Å². The highest BCUT2D eigenvalue weighted by Gasteiger charge is 1.95. The van der Waals surface area contributed by atoms with Crippen LogP contribution >= 0.6 is 0 Å². The Balaban J connectivity index is 3.28. The van der Waals surface area contributed by atoms with Crippen molar-refractivity contribution in [3.8, 4) is 0 Å². The van der Waals surface area contributed by atoms with Crippen LogP contribution in [0.2, 0.25) is 0 Å². The Morgan fingerprint density at radius 1 is 1.20 bits per heavy atom. The molecule has 0 spiro atoms. The normalized spacial score (nSPS) is 9.80. The van der Waals surface area contributed by atoms with E-state index in [0.29, 0.717) is 0 Å². The molecule has 2 heteroatoms. The van der Waals surface area contributed by atoms with Gasteiger partial charge < -0.3 is 5.73 Å². The van der Waals surface area contributed by atoms with Crippen molar-refractivity contribution in [3.05, 3.63) is 23.3 Å². The van der Waals surface area contributed by atoms with Crippen LogP contribution in [0.4, 0.5) is 5.69 Å². The molecule has 0 amide bonds. The van der Waals surface area contributed by atoms with Gasteiger partial charge in [-0.05, 0) is 25.5 Å². The van der Waals surface area contributed by atoms with Gasteiger partial charge in [0.1, 0.15) is 7.85 Å². The molecule has 1 aromatic carbocycles. The van der Waals surface area contributed by atoms with Gasteiger partial charge in [0.05, 0.1) is 0 Å². The van der Waals surface area contributed by atoms with E-state index in [0.717, 1.165) is 22.3 Å². The minimum absolute atomic E-state index is 0.767. The molecule has 1 aromatic rings. The lowest BCUT2D eigenvalue weighted by Gasteiger charge is -2.04. The topological polar surface area (TPSA) is 26.0 Å². The predicted molar refractivity (Wildman–Crippen MR) is 45.7 cm³/mol. The maximum Gasteiger partial charge on any atom is 0.114 e. The van der Waals surface area contributed by atoms with Crippen LogP contribution in [0, 0.1) is 13.8 Å². The number of nitrogen functional groups attached to an aromatic ring is 1. The van der Waals surface area contributed by atoms with E-state index < -0.39 is 0 Å².